The molecule has 0 spiro atoms. The number of nitrogens with one attached hydrogen (secondary N) is 1. The highest BCUT2D eigenvalue weighted by atomic mass is 32.1. The summed E-state index contributed by atoms with van der Waals surface area (Å²) in [5, 5.41) is 25.6. The lowest BCUT2D eigenvalue weighted by atomic mass is 9.99. The van der Waals surface area contributed by atoms with Crippen molar-refractivity contribution in [2.24, 2.45) is 0 Å². The summed E-state index contributed by atoms with van der Waals surface area (Å²) in [6.07, 6.45) is -0.734. The number of aliphatic hydroxyl groups is 1. The predicted molar refractivity (Wildman–Crippen MR) is 88.1 cm³/mol. The van der Waals surface area contributed by atoms with Gasteiger partial charge in [-0.3, -0.25) is 4.79 Å². The van der Waals surface area contributed by atoms with Crippen LogP contribution < -0.4 is 10.1 Å². The molecule has 6 heteroatoms. The van der Waals surface area contributed by atoms with Crippen molar-refractivity contribution in [1.82, 2.24) is 5.32 Å². The fraction of sp³-hybridized carbons (Fsp3) is 0.294. The first-order valence-corrected chi connectivity index (χ1v) is 8.06. The molecular formula is C17H18N2O3S. The summed E-state index contributed by atoms with van der Waals surface area (Å²) in [5.41, 5.74) is 0.101. The number of ether oxygens (including phenoxy) is 1. The van der Waals surface area contributed by atoms with Gasteiger partial charge in [-0.15, -0.1) is 0 Å². The van der Waals surface area contributed by atoms with E-state index in [1.165, 1.54) is 11.3 Å². The molecule has 2 rings (SSSR count). The number of amides is 1. The van der Waals surface area contributed by atoms with Gasteiger partial charge < -0.3 is 15.2 Å². The van der Waals surface area contributed by atoms with E-state index in [1.54, 1.807) is 38.1 Å². The second kappa shape index (κ2) is 7.27. The van der Waals surface area contributed by atoms with Gasteiger partial charge in [-0.25, -0.2) is 0 Å². The van der Waals surface area contributed by atoms with Crippen LogP contribution in [0.2, 0.25) is 0 Å². The van der Waals surface area contributed by atoms with Crippen molar-refractivity contribution in [3.05, 3.63) is 52.2 Å². The SMILES string of the molecule is CC(Oc1cccc(C#N)c1)C(=O)NCC(C)(O)c1ccsc1. The molecule has 1 aromatic heterocycles. The fourth-order valence-corrected chi connectivity index (χ4v) is 2.76. The van der Waals surface area contributed by atoms with E-state index in [2.05, 4.69) is 5.32 Å². The lowest BCUT2D eigenvalue weighted by Crippen LogP contribution is -2.43. The van der Waals surface area contributed by atoms with Gasteiger partial charge in [0.05, 0.1) is 18.2 Å². The predicted octanol–water partition coefficient (Wildman–Crippen LogP) is 2.41. The van der Waals surface area contributed by atoms with Crippen molar-refractivity contribution in [3.8, 4) is 11.8 Å². The van der Waals surface area contributed by atoms with Crippen LogP contribution in [0.5, 0.6) is 5.75 Å². The van der Waals surface area contributed by atoms with Gasteiger partial charge in [-0.05, 0) is 54.4 Å². The Morgan fingerprint density at radius 2 is 2.30 bits per heavy atom. The second-order valence-electron chi connectivity index (χ2n) is 5.40. The Balaban J connectivity index is 1.91. The molecule has 0 radical (unpaired) electrons. The molecule has 2 N–H and O–H groups in total. The number of hydrogen-bond donors (Lipinski definition) is 2. The third kappa shape index (κ3) is 4.55. The minimum Gasteiger partial charge on any atom is -0.481 e. The van der Waals surface area contributed by atoms with Crippen LogP contribution >= 0.6 is 11.3 Å². The van der Waals surface area contributed by atoms with Gasteiger partial charge in [-0.1, -0.05) is 6.07 Å². The van der Waals surface area contributed by atoms with Crippen molar-refractivity contribution < 1.29 is 14.6 Å². The molecule has 0 saturated carbocycles. The maximum Gasteiger partial charge on any atom is 0.260 e. The first-order chi connectivity index (χ1) is 10.9. The number of carbonyl (C=O) groups is 1. The number of carbonyl (C=O) groups excluding carboxylic acids is 1. The van der Waals surface area contributed by atoms with Gasteiger partial charge in [0.15, 0.2) is 6.10 Å². The molecule has 23 heavy (non-hydrogen) atoms. The van der Waals surface area contributed by atoms with Gasteiger partial charge >= 0.3 is 0 Å². The molecule has 120 valence electrons. The third-order valence-electron chi connectivity index (χ3n) is 3.40. The highest BCUT2D eigenvalue weighted by molar-refractivity contribution is 7.08. The molecule has 2 atom stereocenters. The van der Waals surface area contributed by atoms with Crippen LogP contribution in [0.4, 0.5) is 0 Å². The number of thiophene rings is 1. The average molecular weight is 330 g/mol. The Morgan fingerprint density at radius 1 is 1.52 bits per heavy atom. The number of nitrogens with zero attached hydrogens (tertiary/aromatic N) is 1. The second-order valence-corrected chi connectivity index (χ2v) is 6.18. The molecule has 0 aliphatic rings. The molecule has 2 aromatic rings. The molecule has 2 unspecified atom stereocenters. The number of nitriles is 1. The Labute approximate surface area is 139 Å². The van der Waals surface area contributed by atoms with Crippen molar-refractivity contribution in [3.63, 3.8) is 0 Å². The molecule has 5 nitrogen and oxygen atoms in total. The van der Waals surface area contributed by atoms with Gasteiger partial charge in [-0.2, -0.15) is 16.6 Å². The van der Waals surface area contributed by atoms with E-state index in [9.17, 15) is 9.90 Å². The van der Waals surface area contributed by atoms with Crippen LogP contribution in [0.25, 0.3) is 0 Å². The topological polar surface area (TPSA) is 82.3 Å². The van der Waals surface area contributed by atoms with E-state index in [1.807, 2.05) is 22.9 Å². The molecular weight excluding hydrogens is 312 g/mol. The van der Waals surface area contributed by atoms with E-state index in [0.29, 0.717) is 11.3 Å². The summed E-state index contributed by atoms with van der Waals surface area (Å²) < 4.78 is 5.53. The van der Waals surface area contributed by atoms with Gasteiger partial charge in [0.2, 0.25) is 0 Å². The minimum absolute atomic E-state index is 0.0918. The zero-order valence-corrected chi connectivity index (χ0v) is 13.8. The van der Waals surface area contributed by atoms with Gasteiger partial charge in [0.1, 0.15) is 11.4 Å². The zero-order valence-electron chi connectivity index (χ0n) is 12.9. The summed E-state index contributed by atoms with van der Waals surface area (Å²) in [7, 11) is 0. The van der Waals surface area contributed by atoms with Crippen molar-refractivity contribution in [2.45, 2.75) is 25.6 Å². The van der Waals surface area contributed by atoms with E-state index in [4.69, 9.17) is 10.00 Å². The fourth-order valence-electron chi connectivity index (χ4n) is 1.97. The monoisotopic (exact) mass is 330 g/mol. The Bertz CT molecular complexity index is 705. The lowest BCUT2D eigenvalue weighted by Gasteiger charge is -2.24. The average Bonchev–Trinajstić information content (AvgIpc) is 3.08. The molecule has 1 heterocycles. The molecule has 1 amide bonds. The van der Waals surface area contributed by atoms with E-state index >= 15 is 0 Å². The van der Waals surface area contributed by atoms with E-state index in [-0.39, 0.29) is 12.5 Å². The normalized spacial score (nSPS) is 14.3. The van der Waals surface area contributed by atoms with Crippen molar-refractivity contribution in [2.75, 3.05) is 6.54 Å². The summed E-state index contributed by atoms with van der Waals surface area (Å²) in [4.78, 5) is 12.1. The molecule has 0 bridgehead atoms. The third-order valence-corrected chi connectivity index (χ3v) is 4.08. The maximum absolute atomic E-state index is 12.1. The van der Waals surface area contributed by atoms with Crippen LogP contribution in [-0.2, 0) is 10.4 Å². The summed E-state index contributed by atoms with van der Waals surface area (Å²) >= 11 is 1.49. The van der Waals surface area contributed by atoms with Crippen molar-refractivity contribution >= 4 is 17.2 Å². The van der Waals surface area contributed by atoms with Crippen LogP contribution in [0.1, 0.15) is 25.0 Å². The summed E-state index contributed by atoms with van der Waals surface area (Å²) in [6.45, 7) is 3.36. The zero-order chi connectivity index (χ0) is 16.9. The number of rotatable bonds is 6. The van der Waals surface area contributed by atoms with E-state index in [0.717, 1.165) is 5.56 Å². The van der Waals surface area contributed by atoms with Crippen LogP contribution in [-0.4, -0.2) is 23.7 Å². The van der Waals surface area contributed by atoms with E-state index < -0.39 is 11.7 Å². The lowest BCUT2D eigenvalue weighted by molar-refractivity contribution is -0.128. The first kappa shape index (κ1) is 17.0. The van der Waals surface area contributed by atoms with Crippen molar-refractivity contribution in [1.29, 1.82) is 5.26 Å². The van der Waals surface area contributed by atoms with Crippen LogP contribution in [0.3, 0.4) is 0 Å². The van der Waals surface area contributed by atoms with Crippen LogP contribution in [0.15, 0.2) is 41.1 Å². The largest absolute Gasteiger partial charge is 0.481 e. The Kier molecular flexibility index (Phi) is 5.37. The maximum atomic E-state index is 12.1. The number of benzene rings is 1. The Morgan fingerprint density at radius 3 is 2.96 bits per heavy atom. The standard InChI is InChI=1S/C17H18N2O3S/c1-12(22-15-5-3-4-13(8-15)9-18)16(20)19-11-17(2,21)14-6-7-23-10-14/h3-8,10,12,21H,11H2,1-2H3,(H,19,20). The van der Waals surface area contributed by atoms with Gasteiger partial charge in [0.25, 0.3) is 5.91 Å². The molecule has 1 aromatic carbocycles. The smallest absolute Gasteiger partial charge is 0.260 e. The summed E-state index contributed by atoms with van der Waals surface area (Å²) in [6, 6.07) is 10.5. The number of hydrogen-bond acceptors (Lipinski definition) is 5. The molecule has 0 saturated heterocycles. The van der Waals surface area contributed by atoms with Crippen LogP contribution in [0, 0.1) is 11.3 Å². The minimum atomic E-state index is -1.13. The Hall–Kier alpha value is -2.36. The summed E-state index contributed by atoms with van der Waals surface area (Å²) in [5.74, 6) is 0.124. The quantitative estimate of drug-likeness (QED) is 0.852. The molecule has 0 aliphatic carbocycles. The van der Waals surface area contributed by atoms with Gasteiger partial charge in [0, 0.05) is 0 Å². The highest BCUT2D eigenvalue weighted by Crippen LogP contribution is 2.22. The first-order valence-electron chi connectivity index (χ1n) is 7.12. The molecule has 0 aliphatic heterocycles. The highest BCUT2D eigenvalue weighted by Gasteiger charge is 2.25. The molecule has 0 fully saturated rings.